The van der Waals surface area contributed by atoms with Crippen LogP contribution < -0.4 is 0 Å². The van der Waals surface area contributed by atoms with Crippen molar-refractivity contribution in [1.82, 2.24) is 14.8 Å². The minimum atomic E-state index is -4.07. The molecule has 0 aliphatic rings. The van der Waals surface area contributed by atoms with Gasteiger partial charge in [0.2, 0.25) is 0 Å². The highest BCUT2D eigenvalue weighted by molar-refractivity contribution is 8.13. The Morgan fingerprint density at radius 1 is 1.17 bits per heavy atom. The van der Waals surface area contributed by atoms with Crippen molar-refractivity contribution >= 4 is 19.7 Å². The van der Waals surface area contributed by atoms with Crippen LogP contribution in [-0.4, -0.2) is 23.2 Å². The second kappa shape index (κ2) is 4.29. The third-order valence-electron chi connectivity index (χ3n) is 2.17. The van der Waals surface area contributed by atoms with Gasteiger partial charge in [-0.15, -0.1) is 10.2 Å². The molecule has 0 aliphatic carbocycles. The van der Waals surface area contributed by atoms with Crippen molar-refractivity contribution in [2.24, 2.45) is 7.05 Å². The van der Waals surface area contributed by atoms with Crippen LogP contribution in [0.25, 0.3) is 11.4 Å². The molecule has 5 nitrogen and oxygen atoms in total. The van der Waals surface area contributed by atoms with Gasteiger partial charge in [-0.05, 0) is 12.1 Å². The molecule has 0 spiro atoms. The van der Waals surface area contributed by atoms with E-state index in [4.69, 9.17) is 10.7 Å². The molecule has 0 saturated carbocycles. The second-order valence-corrected chi connectivity index (χ2v) is 5.92. The molecule has 0 atom stereocenters. The molecule has 1 heterocycles. The topological polar surface area (TPSA) is 64.8 Å². The number of hydrogen-bond donors (Lipinski definition) is 0. The van der Waals surface area contributed by atoms with Crippen molar-refractivity contribution in [2.75, 3.05) is 0 Å². The molecule has 2 rings (SSSR count). The van der Waals surface area contributed by atoms with Crippen LogP contribution in [0, 0.1) is 11.6 Å². The minimum Gasteiger partial charge on any atom is -0.300 e. The SMILES string of the molecule is Cn1c(-c2cc(F)cc(F)c2)nnc1S(=O)(=O)Cl. The monoisotopic (exact) mass is 293 g/mol. The fourth-order valence-corrected chi connectivity index (χ4v) is 2.42. The molecular weight excluding hydrogens is 288 g/mol. The smallest absolute Gasteiger partial charge is 0.296 e. The normalized spacial score (nSPS) is 11.8. The van der Waals surface area contributed by atoms with Gasteiger partial charge in [0.25, 0.3) is 14.2 Å². The first-order chi connectivity index (χ1) is 8.29. The molecule has 0 radical (unpaired) electrons. The quantitative estimate of drug-likeness (QED) is 0.790. The summed E-state index contributed by atoms with van der Waals surface area (Å²) in [6, 6.07) is 2.72. The molecule has 1 aromatic heterocycles. The zero-order valence-corrected chi connectivity index (χ0v) is 10.5. The number of hydrogen-bond acceptors (Lipinski definition) is 4. The Morgan fingerprint density at radius 2 is 1.72 bits per heavy atom. The van der Waals surface area contributed by atoms with Crippen LogP contribution in [0.15, 0.2) is 23.4 Å². The zero-order chi connectivity index (χ0) is 13.5. The van der Waals surface area contributed by atoms with E-state index in [9.17, 15) is 17.2 Å². The highest BCUT2D eigenvalue weighted by atomic mass is 35.7. The van der Waals surface area contributed by atoms with Crippen molar-refractivity contribution < 1.29 is 17.2 Å². The summed E-state index contributed by atoms with van der Waals surface area (Å²) >= 11 is 0. The summed E-state index contributed by atoms with van der Waals surface area (Å²) in [6.07, 6.45) is 0. The lowest BCUT2D eigenvalue weighted by Crippen LogP contribution is -2.03. The Kier molecular flexibility index (Phi) is 3.07. The summed E-state index contributed by atoms with van der Waals surface area (Å²) in [7, 11) is 2.39. The summed E-state index contributed by atoms with van der Waals surface area (Å²) in [5.41, 5.74) is 0.0640. The van der Waals surface area contributed by atoms with Gasteiger partial charge in [0, 0.05) is 29.4 Å². The van der Waals surface area contributed by atoms with Gasteiger partial charge in [0.1, 0.15) is 11.6 Å². The maximum atomic E-state index is 13.0. The van der Waals surface area contributed by atoms with E-state index in [1.54, 1.807) is 0 Å². The first kappa shape index (κ1) is 12.9. The first-order valence-electron chi connectivity index (χ1n) is 4.59. The number of nitrogens with zero attached hydrogens (tertiary/aromatic N) is 3. The minimum absolute atomic E-state index is 0.00683. The standard InChI is InChI=1S/C9H6ClF2N3O2S/c1-15-8(13-14-9(15)18(10,16)17)5-2-6(11)4-7(12)3-5/h2-4H,1H3. The van der Waals surface area contributed by atoms with Crippen molar-refractivity contribution in [3.8, 4) is 11.4 Å². The molecule has 0 saturated heterocycles. The summed E-state index contributed by atoms with van der Waals surface area (Å²) in [6.45, 7) is 0. The Bertz CT molecular complexity index is 694. The van der Waals surface area contributed by atoms with Crippen LogP contribution in [0.2, 0.25) is 0 Å². The van der Waals surface area contributed by atoms with Gasteiger partial charge >= 0.3 is 0 Å². The van der Waals surface area contributed by atoms with E-state index >= 15 is 0 Å². The Balaban J connectivity index is 2.63. The highest BCUT2D eigenvalue weighted by Gasteiger charge is 2.21. The second-order valence-electron chi connectivity index (χ2n) is 3.46. The third-order valence-corrected chi connectivity index (χ3v) is 3.38. The van der Waals surface area contributed by atoms with E-state index in [1.165, 1.54) is 7.05 Å². The first-order valence-corrected chi connectivity index (χ1v) is 6.90. The zero-order valence-electron chi connectivity index (χ0n) is 8.93. The lowest BCUT2D eigenvalue weighted by Gasteiger charge is -2.02. The number of aromatic nitrogens is 3. The summed E-state index contributed by atoms with van der Waals surface area (Å²) < 4.78 is 49.4. The number of benzene rings is 1. The van der Waals surface area contributed by atoms with Crippen LogP contribution in [0.4, 0.5) is 8.78 Å². The molecule has 2 aromatic rings. The predicted molar refractivity (Wildman–Crippen MR) is 59.4 cm³/mol. The third kappa shape index (κ3) is 2.34. The Morgan fingerprint density at radius 3 is 2.17 bits per heavy atom. The lowest BCUT2D eigenvalue weighted by molar-refractivity contribution is 0.583. The van der Waals surface area contributed by atoms with Crippen molar-refractivity contribution in [1.29, 1.82) is 0 Å². The van der Waals surface area contributed by atoms with Crippen LogP contribution in [0.5, 0.6) is 0 Å². The largest absolute Gasteiger partial charge is 0.300 e. The van der Waals surface area contributed by atoms with Gasteiger partial charge in [-0.2, -0.15) is 0 Å². The van der Waals surface area contributed by atoms with Gasteiger partial charge in [-0.1, -0.05) is 0 Å². The van der Waals surface area contributed by atoms with Gasteiger partial charge in [0.15, 0.2) is 5.82 Å². The van der Waals surface area contributed by atoms with Crippen LogP contribution in [-0.2, 0) is 16.1 Å². The van der Waals surface area contributed by atoms with Crippen LogP contribution in [0.1, 0.15) is 0 Å². The van der Waals surface area contributed by atoms with Crippen LogP contribution in [0.3, 0.4) is 0 Å². The molecule has 0 amide bonds. The molecule has 9 heteroatoms. The van der Waals surface area contributed by atoms with Crippen LogP contribution >= 0.6 is 10.7 Å². The van der Waals surface area contributed by atoms with E-state index in [-0.39, 0.29) is 11.4 Å². The van der Waals surface area contributed by atoms with E-state index in [2.05, 4.69) is 10.2 Å². The predicted octanol–water partition coefficient (Wildman–Crippen LogP) is 1.69. The maximum Gasteiger partial charge on any atom is 0.296 e. The van der Waals surface area contributed by atoms with Crippen molar-refractivity contribution in [2.45, 2.75) is 5.16 Å². The average Bonchev–Trinajstić information content (AvgIpc) is 2.57. The number of rotatable bonds is 2. The van der Waals surface area contributed by atoms with E-state index < -0.39 is 25.8 Å². The summed E-state index contributed by atoms with van der Waals surface area (Å²) in [5, 5.41) is 6.43. The van der Waals surface area contributed by atoms with E-state index in [0.717, 1.165) is 16.7 Å². The molecule has 18 heavy (non-hydrogen) atoms. The van der Waals surface area contributed by atoms with Gasteiger partial charge in [-0.25, -0.2) is 17.2 Å². The Hall–Kier alpha value is -1.54. The van der Waals surface area contributed by atoms with Gasteiger partial charge in [0.05, 0.1) is 0 Å². The van der Waals surface area contributed by atoms with Crippen molar-refractivity contribution in [3.63, 3.8) is 0 Å². The summed E-state index contributed by atoms with van der Waals surface area (Å²) in [5.74, 6) is -1.61. The maximum absolute atomic E-state index is 13.0. The molecule has 1 aromatic carbocycles. The van der Waals surface area contributed by atoms with E-state index in [1.807, 2.05) is 0 Å². The molecule has 0 bridgehead atoms. The lowest BCUT2D eigenvalue weighted by atomic mass is 10.2. The molecule has 0 N–H and O–H groups in total. The van der Waals surface area contributed by atoms with Crippen molar-refractivity contribution in [3.05, 3.63) is 29.8 Å². The molecule has 96 valence electrons. The van der Waals surface area contributed by atoms with E-state index in [0.29, 0.717) is 6.07 Å². The highest BCUT2D eigenvalue weighted by Crippen LogP contribution is 2.22. The fraction of sp³-hybridized carbons (Fsp3) is 0.111. The van der Waals surface area contributed by atoms with Gasteiger partial charge in [-0.3, -0.25) is 4.57 Å². The molecule has 0 aliphatic heterocycles. The Labute approximate surface area is 105 Å². The fourth-order valence-electron chi connectivity index (χ4n) is 1.46. The average molecular weight is 294 g/mol. The summed E-state index contributed by atoms with van der Waals surface area (Å²) in [4.78, 5) is 0. The number of halogens is 3. The van der Waals surface area contributed by atoms with Gasteiger partial charge < -0.3 is 0 Å². The molecule has 0 fully saturated rings. The molecule has 0 unspecified atom stereocenters. The molecular formula is C9H6ClF2N3O2S.